The van der Waals surface area contributed by atoms with Crippen molar-refractivity contribution in [2.24, 2.45) is 0 Å². The van der Waals surface area contributed by atoms with Gasteiger partial charge in [0.1, 0.15) is 0 Å². The number of nitrogens with one attached hydrogen (secondary N) is 1. The fourth-order valence-corrected chi connectivity index (χ4v) is 2.94. The second-order valence-electron chi connectivity index (χ2n) is 4.50. The first-order chi connectivity index (χ1) is 11.0. The molecule has 1 aromatic carbocycles. The van der Waals surface area contributed by atoms with Gasteiger partial charge < -0.3 is 9.47 Å². The smallest absolute Gasteiger partial charge is 0.266 e. The lowest BCUT2D eigenvalue weighted by molar-refractivity contribution is 0.354. The number of rotatable bonds is 7. The van der Waals surface area contributed by atoms with Crippen molar-refractivity contribution in [3.8, 4) is 11.5 Å². The van der Waals surface area contributed by atoms with Gasteiger partial charge in [0.15, 0.2) is 11.5 Å². The number of hydrogen-bond acceptors (Lipinski definition) is 6. The predicted octanol–water partition coefficient (Wildman–Crippen LogP) is 0.239. The third-order valence-electron chi connectivity index (χ3n) is 3.07. The molecule has 0 aliphatic heterocycles. The number of nitrogens with zero attached hydrogens (tertiary/aromatic N) is 2. The molecule has 0 fully saturated rings. The fraction of sp³-hybridized carbons (Fsp3) is 0.286. The zero-order valence-electron chi connectivity index (χ0n) is 12.7. The molecule has 23 heavy (non-hydrogen) atoms. The molecule has 0 aliphatic rings. The van der Waals surface area contributed by atoms with Gasteiger partial charge in [0.25, 0.3) is 5.56 Å². The number of benzene rings is 1. The quantitative estimate of drug-likeness (QED) is 0.776. The van der Waals surface area contributed by atoms with Crippen molar-refractivity contribution in [2.75, 3.05) is 20.8 Å². The normalized spacial score (nSPS) is 11.2. The highest BCUT2D eigenvalue weighted by molar-refractivity contribution is 7.89. The summed E-state index contributed by atoms with van der Waals surface area (Å²) in [4.78, 5) is 11.5. The van der Waals surface area contributed by atoms with Crippen LogP contribution in [0.4, 0.5) is 0 Å². The maximum absolute atomic E-state index is 12.3. The highest BCUT2D eigenvalue weighted by atomic mass is 32.2. The first-order valence-corrected chi connectivity index (χ1v) is 8.20. The molecule has 0 atom stereocenters. The molecule has 124 valence electrons. The number of hydrogen-bond donors (Lipinski definition) is 1. The summed E-state index contributed by atoms with van der Waals surface area (Å²) < 4.78 is 38.3. The summed E-state index contributed by atoms with van der Waals surface area (Å²) in [7, 11) is -0.837. The van der Waals surface area contributed by atoms with E-state index < -0.39 is 10.0 Å². The van der Waals surface area contributed by atoms with Crippen LogP contribution in [0.25, 0.3) is 0 Å². The van der Waals surface area contributed by atoms with Crippen LogP contribution in [0.15, 0.2) is 46.2 Å². The Bertz CT molecular complexity index is 832. The van der Waals surface area contributed by atoms with E-state index in [9.17, 15) is 13.2 Å². The number of sulfonamides is 1. The molecule has 1 aromatic heterocycles. The average Bonchev–Trinajstić information content (AvgIpc) is 2.55. The van der Waals surface area contributed by atoms with Gasteiger partial charge in [-0.15, -0.1) is 0 Å². The van der Waals surface area contributed by atoms with Gasteiger partial charge in [-0.1, -0.05) is 0 Å². The van der Waals surface area contributed by atoms with E-state index in [1.165, 1.54) is 55.4 Å². The Labute approximate surface area is 133 Å². The topological polar surface area (TPSA) is 99.5 Å². The zero-order valence-corrected chi connectivity index (χ0v) is 13.5. The molecular formula is C14H17N3O5S. The van der Waals surface area contributed by atoms with Crippen LogP contribution >= 0.6 is 0 Å². The molecule has 1 N–H and O–H groups in total. The van der Waals surface area contributed by atoms with Crippen molar-refractivity contribution in [2.45, 2.75) is 11.4 Å². The maximum atomic E-state index is 12.3. The van der Waals surface area contributed by atoms with Crippen molar-refractivity contribution in [1.82, 2.24) is 14.5 Å². The van der Waals surface area contributed by atoms with Crippen molar-refractivity contribution < 1.29 is 17.9 Å². The second kappa shape index (κ2) is 7.25. The van der Waals surface area contributed by atoms with Crippen molar-refractivity contribution in [3.05, 3.63) is 46.9 Å². The molecular weight excluding hydrogens is 322 g/mol. The van der Waals surface area contributed by atoms with Gasteiger partial charge in [-0.2, -0.15) is 5.10 Å². The molecule has 0 saturated carbocycles. The molecule has 0 saturated heterocycles. The summed E-state index contributed by atoms with van der Waals surface area (Å²) in [6.07, 6.45) is 1.46. The first-order valence-electron chi connectivity index (χ1n) is 6.72. The van der Waals surface area contributed by atoms with E-state index in [2.05, 4.69) is 9.82 Å². The molecule has 0 spiro atoms. The Morgan fingerprint density at radius 3 is 2.57 bits per heavy atom. The van der Waals surface area contributed by atoms with Crippen LogP contribution in [0.3, 0.4) is 0 Å². The van der Waals surface area contributed by atoms with E-state index in [4.69, 9.17) is 9.47 Å². The number of aromatic nitrogens is 2. The molecule has 1 heterocycles. The van der Waals surface area contributed by atoms with Gasteiger partial charge in [0.2, 0.25) is 10.0 Å². The molecule has 0 bridgehead atoms. The van der Waals surface area contributed by atoms with Crippen LogP contribution < -0.4 is 19.8 Å². The monoisotopic (exact) mass is 339 g/mol. The summed E-state index contributed by atoms with van der Waals surface area (Å²) in [5, 5.41) is 3.85. The van der Waals surface area contributed by atoms with E-state index in [0.29, 0.717) is 11.5 Å². The van der Waals surface area contributed by atoms with Gasteiger partial charge in [-0.3, -0.25) is 4.79 Å². The first kappa shape index (κ1) is 17.0. The van der Waals surface area contributed by atoms with E-state index >= 15 is 0 Å². The Hall–Kier alpha value is -2.39. The van der Waals surface area contributed by atoms with Crippen LogP contribution in [0.5, 0.6) is 11.5 Å². The van der Waals surface area contributed by atoms with Crippen LogP contribution in [0.1, 0.15) is 0 Å². The summed E-state index contributed by atoms with van der Waals surface area (Å²) in [5.74, 6) is 0.753. The predicted molar refractivity (Wildman–Crippen MR) is 83.2 cm³/mol. The standard InChI is InChI=1S/C14H17N3O5S/c1-21-12-6-5-11(10-13(12)22-2)23(19,20)16-8-9-17-14(18)4-3-7-15-17/h3-7,10,16H,8-9H2,1-2H3. The molecule has 0 aliphatic carbocycles. The minimum absolute atomic E-state index is 0.0353. The number of ether oxygens (including phenoxy) is 2. The Morgan fingerprint density at radius 2 is 1.91 bits per heavy atom. The van der Waals surface area contributed by atoms with Crippen LogP contribution in [0, 0.1) is 0 Å². The summed E-state index contributed by atoms with van der Waals surface area (Å²) in [5.41, 5.74) is -0.294. The summed E-state index contributed by atoms with van der Waals surface area (Å²) >= 11 is 0. The van der Waals surface area contributed by atoms with Crippen LogP contribution in [0.2, 0.25) is 0 Å². The third-order valence-corrected chi connectivity index (χ3v) is 4.53. The van der Waals surface area contributed by atoms with Crippen molar-refractivity contribution in [1.29, 1.82) is 0 Å². The zero-order chi connectivity index (χ0) is 16.9. The molecule has 0 amide bonds. The third kappa shape index (κ3) is 4.08. The molecule has 0 radical (unpaired) electrons. The van der Waals surface area contributed by atoms with Gasteiger partial charge in [-0.25, -0.2) is 17.8 Å². The lowest BCUT2D eigenvalue weighted by Gasteiger charge is -2.11. The van der Waals surface area contributed by atoms with Crippen LogP contribution in [-0.2, 0) is 16.6 Å². The highest BCUT2D eigenvalue weighted by Crippen LogP contribution is 2.29. The van der Waals surface area contributed by atoms with Gasteiger partial charge in [-0.05, 0) is 18.2 Å². The van der Waals surface area contributed by atoms with E-state index in [0.717, 1.165) is 0 Å². The van der Waals surface area contributed by atoms with Crippen molar-refractivity contribution in [3.63, 3.8) is 0 Å². The highest BCUT2D eigenvalue weighted by Gasteiger charge is 2.16. The second-order valence-corrected chi connectivity index (χ2v) is 6.27. The Kier molecular flexibility index (Phi) is 5.35. The lowest BCUT2D eigenvalue weighted by atomic mass is 10.3. The molecule has 2 aromatic rings. The minimum Gasteiger partial charge on any atom is -0.493 e. The van der Waals surface area contributed by atoms with Crippen LogP contribution in [-0.4, -0.2) is 39.0 Å². The maximum Gasteiger partial charge on any atom is 0.266 e. The Balaban J connectivity index is 2.10. The van der Waals surface area contributed by atoms with E-state index in [-0.39, 0.29) is 23.5 Å². The van der Waals surface area contributed by atoms with Gasteiger partial charge >= 0.3 is 0 Å². The average molecular weight is 339 g/mol. The molecule has 0 unspecified atom stereocenters. The lowest BCUT2D eigenvalue weighted by Crippen LogP contribution is -2.31. The summed E-state index contributed by atoms with van der Waals surface area (Å²) in [6, 6.07) is 7.17. The van der Waals surface area contributed by atoms with E-state index in [1.807, 2.05) is 0 Å². The van der Waals surface area contributed by atoms with Gasteiger partial charge in [0, 0.05) is 24.9 Å². The van der Waals surface area contributed by atoms with E-state index in [1.54, 1.807) is 0 Å². The SMILES string of the molecule is COc1ccc(S(=O)(=O)NCCn2ncccc2=O)cc1OC. The van der Waals surface area contributed by atoms with Crippen molar-refractivity contribution >= 4 is 10.0 Å². The Morgan fingerprint density at radius 1 is 1.17 bits per heavy atom. The molecule has 9 heteroatoms. The van der Waals surface area contributed by atoms with Gasteiger partial charge in [0.05, 0.1) is 25.7 Å². The number of methoxy groups -OCH3 is 2. The molecule has 2 rings (SSSR count). The molecule has 8 nitrogen and oxygen atoms in total. The fourth-order valence-electron chi connectivity index (χ4n) is 1.91. The summed E-state index contributed by atoms with van der Waals surface area (Å²) in [6.45, 7) is 0.166. The minimum atomic E-state index is -3.73. The largest absolute Gasteiger partial charge is 0.493 e.